The maximum absolute atomic E-state index is 12.8. The van der Waals surface area contributed by atoms with Gasteiger partial charge >= 0.3 is 0 Å². The number of hydrogen-bond donors (Lipinski definition) is 1. The van der Waals surface area contributed by atoms with Crippen LogP contribution in [0.3, 0.4) is 0 Å². The van der Waals surface area contributed by atoms with E-state index in [-0.39, 0.29) is 11.4 Å². The van der Waals surface area contributed by atoms with Gasteiger partial charge in [0.15, 0.2) is 0 Å². The number of piperidine rings is 1. The summed E-state index contributed by atoms with van der Waals surface area (Å²) in [6.45, 7) is 2.02. The van der Waals surface area contributed by atoms with Crippen LogP contribution in [0.1, 0.15) is 18.4 Å². The van der Waals surface area contributed by atoms with Crippen molar-refractivity contribution in [1.82, 2.24) is 4.90 Å². The lowest BCUT2D eigenvalue weighted by atomic mass is 9.82. The SMILES string of the molecule is CN1CCC(N)(c2ccc(F)cc2)CC1. The van der Waals surface area contributed by atoms with Crippen molar-refractivity contribution in [2.75, 3.05) is 20.1 Å². The van der Waals surface area contributed by atoms with E-state index in [1.54, 1.807) is 12.1 Å². The van der Waals surface area contributed by atoms with Crippen LogP contribution in [0.25, 0.3) is 0 Å². The Morgan fingerprint density at radius 3 is 2.27 bits per heavy atom. The Bertz CT molecular complexity index is 326. The first-order valence-electron chi connectivity index (χ1n) is 5.34. The van der Waals surface area contributed by atoms with Gasteiger partial charge in [0, 0.05) is 5.54 Å². The van der Waals surface area contributed by atoms with Crippen LogP contribution in [0.15, 0.2) is 24.3 Å². The quantitative estimate of drug-likeness (QED) is 0.761. The zero-order valence-corrected chi connectivity index (χ0v) is 9.04. The predicted octanol–water partition coefficient (Wildman–Crippen LogP) is 1.71. The predicted molar refractivity (Wildman–Crippen MR) is 59.0 cm³/mol. The smallest absolute Gasteiger partial charge is 0.123 e. The normalized spacial score (nSPS) is 21.5. The minimum Gasteiger partial charge on any atom is -0.321 e. The van der Waals surface area contributed by atoms with Crippen molar-refractivity contribution in [2.45, 2.75) is 18.4 Å². The molecule has 1 heterocycles. The van der Waals surface area contributed by atoms with Gasteiger partial charge in [-0.3, -0.25) is 0 Å². The van der Waals surface area contributed by atoms with E-state index >= 15 is 0 Å². The molecule has 0 aliphatic carbocycles. The average Bonchev–Trinajstić information content (AvgIpc) is 2.24. The van der Waals surface area contributed by atoms with Gasteiger partial charge in [-0.1, -0.05) is 12.1 Å². The molecule has 1 aromatic rings. The van der Waals surface area contributed by atoms with Crippen molar-refractivity contribution in [3.8, 4) is 0 Å². The summed E-state index contributed by atoms with van der Waals surface area (Å²) in [5.41, 5.74) is 7.13. The van der Waals surface area contributed by atoms with Crippen molar-refractivity contribution < 1.29 is 4.39 Å². The number of benzene rings is 1. The first-order valence-corrected chi connectivity index (χ1v) is 5.34. The third-order valence-electron chi connectivity index (χ3n) is 3.30. The highest BCUT2D eigenvalue weighted by atomic mass is 19.1. The molecule has 1 fully saturated rings. The van der Waals surface area contributed by atoms with Gasteiger partial charge < -0.3 is 10.6 Å². The summed E-state index contributed by atoms with van der Waals surface area (Å²) in [7, 11) is 2.10. The van der Waals surface area contributed by atoms with Crippen LogP contribution in [-0.2, 0) is 5.54 Å². The number of nitrogens with two attached hydrogens (primary N) is 1. The summed E-state index contributed by atoms with van der Waals surface area (Å²) in [6.07, 6.45) is 1.88. The van der Waals surface area contributed by atoms with Crippen molar-refractivity contribution in [3.05, 3.63) is 35.6 Å². The Hall–Kier alpha value is -0.930. The van der Waals surface area contributed by atoms with Crippen molar-refractivity contribution in [2.24, 2.45) is 5.73 Å². The summed E-state index contributed by atoms with van der Waals surface area (Å²) in [6, 6.07) is 6.59. The summed E-state index contributed by atoms with van der Waals surface area (Å²) in [4.78, 5) is 2.27. The summed E-state index contributed by atoms with van der Waals surface area (Å²) >= 11 is 0. The summed E-state index contributed by atoms with van der Waals surface area (Å²) < 4.78 is 12.8. The molecular formula is C12H17FN2. The Labute approximate surface area is 89.9 Å². The van der Waals surface area contributed by atoms with Crippen LogP contribution in [0.4, 0.5) is 4.39 Å². The minimum absolute atomic E-state index is 0.199. The van der Waals surface area contributed by atoms with E-state index in [0.717, 1.165) is 31.5 Å². The second-order valence-corrected chi connectivity index (χ2v) is 4.47. The van der Waals surface area contributed by atoms with E-state index in [1.807, 2.05) is 0 Å². The number of rotatable bonds is 1. The molecule has 2 nitrogen and oxygen atoms in total. The van der Waals surface area contributed by atoms with Crippen LogP contribution < -0.4 is 5.73 Å². The monoisotopic (exact) mass is 208 g/mol. The summed E-state index contributed by atoms with van der Waals surface area (Å²) in [5, 5.41) is 0. The van der Waals surface area contributed by atoms with Crippen molar-refractivity contribution in [3.63, 3.8) is 0 Å². The van der Waals surface area contributed by atoms with E-state index in [0.29, 0.717) is 0 Å². The number of halogens is 1. The lowest BCUT2D eigenvalue weighted by Gasteiger charge is -2.38. The molecule has 1 aromatic carbocycles. The molecule has 15 heavy (non-hydrogen) atoms. The molecule has 0 amide bonds. The van der Waals surface area contributed by atoms with Gasteiger partial charge in [0.25, 0.3) is 0 Å². The molecule has 82 valence electrons. The fourth-order valence-corrected chi connectivity index (χ4v) is 2.09. The molecule has 1 saturated heterocycles. The van der Waals surface area contributed by atoms with Crippen LogP contribution >= 0.6 is 0 Å². The lowest BCUT2D eigenvalue weighted by Crippen LogP contribution is -2.46. The molecule has 0 spiro atoms. The van der Waals surface area contributed by atoms with Crippen LogP contribution in [0.2, 0.25) is 0 Å². The maximum atomic E-state index is 12.8. The first-order chi connectivity index (χ1) is 7.10. The fraction of sp³-hybridized carbons (Fsp3) is 0.500. The highest BCUT2D eigenvalue weighted by Gasteiger charge is 2.30. The first kappa shape index (κ1) is 10.6. The highest BCUT2D eigenvalue weighted by Crippen LogP contribution is 2.29. The average molecular weight is 208 g/mol. The highest BCUT2D eigenvalue weighted by molar-refractivity contribution is 5.25. The molecule has 3 heteroatoms. The second-order valence-electron chi connectivity index (χ2n) is 4.47. The van der Waals surface area contributed by atoms with Gasteiger partial charge in [-0.15, -0.1) is 0 Å². The molecule has 1 aliphatic rings. The van der Waals surface area contributed by atoms with Gasteiger partial charge in [-0.25, -0.2) is 4.39 Å². The molecule has 0 saturated carbocycles. The Morgan fingerprint density at radius 1 is 1.20 bits per heavy atom. The van der Waals surface area contributed by atoms with Gasteiger partial charge in [0.05, 0.1) is 0 Å². The standard InChI is InChI=1S/C12H17FN2/c1-15-8-6-12(14,7-9-15)10-2-4-11(13)5-3-10/h2-5H,6-9,14H2,1H3. The van der Waals surface area contributed by atoms with Crippen LogP contribution in [-0.4, -0.2) is 25.0 Å². The summed E-state index contributed by atoms with van der Waals surface area (Å²) in [5.74, 6) is -0.199. The van der Waals surface area contributed by atoms with E-state index in [4.69, 9.17) is 5.73 Å². The van der Waals surface area contributed by atoms with E-state index in [1.165, 1.54) is 12.1 Å². The molecule has 0 unspecified atom stereocenters. The second kappa shape index (κ2) is 3.91. The molecular weight excluding hydrogens is 191 g/mol. The lowest BCUT2D eigenvalue weighted by molar-refractivity contribution is 0.191. The molecule has 0 radical (unpaired) electrons. The Balaban J connectivity index is 2.18. The largest absolute Gasteiger partial charge is 0.321 e. The van der Waals surface area contributed by atoms with Crippen LogP contribution in [0, 0.1) is 5.82 Å². The molecule has 0 atom stereocenters. The minimum atomic E-state index is -0.264. The number of nitrogens with zero attached hydrogens (tertiary/aromatic N) is 1. The van der Waals surface area contributed by atoms with Gasteiger partial charge in [0.2, 0.25) is 0 Å². The van der Waals surface area contributed by atoms with Crippen LogP contribution in [0.5, 0.6) is 0 Å². The van der Waals surface area contributed by atoms with Crippen molar-refractivity contribution in [1.29, 1.82) is 0 Å². The van der Waals surface area contributed by atoms with Gasteiger partial charge in [-0.2, -0.15) is 0 Å². The van der Waals surface area contributed by atoms with E-state index in [2.05, 4.69) is 11.9 Å². The van der Waals surface area contributed by atoms with E-state index in [9.17, 15) is 4.39 Å². The molecule has 2 rings (SSSR count). The maximum Gasteiger partial charge on any atom is 0.123 e. The van der Waals surface area contributed by atoms with Gasteiger partial charge in [-0.05, 0) is 50.7 Å². The number of hydrogen-bond acceptors (Lipinski definition) is 2. The van der Waals surface area contributed by atoms with Gasteiger partial charge in [0.1, 0.15) is 5.82 Å². The molecule has 2 N–H and O–H groups in total. The zero-order chi connectivity index (χ0) is 10.9. The van der Waals surface area contributed by atoms with E-state index < -0.39 is 0 Å². The van der Waals surface area contributed by atoms with Crippen molar-refractivity contribution >= 4 is 0 Å². The number of likely N-dealkylation sites (tertiary alicyclic amines) is 1. The molecule has 0 aromatic heterocycles. The molecule has 1 aliphatic heterocycles. The third kappa shape index (κ3) is 2.19. The Morgan fingerprint density at radius 2 is 1.73 bits per heavy atom. The molecule has 0 bridgehead atoms. The Kier molecular flexibility index (Phi) is 2.76. The fourth-order valence-electron chi connectivity index (χ4n) is 2.09. The topological polar surface area (TPSA) is 29.3 Å². The zero-order valence-electron chi connectivity index (χ0n) is 9.04. The third-order valence-corrected chi connectivity index (χ3v) is 3.30.